The zero-order valence-corrected chi connectivity index (χ0v) is 16.0. The molecule has 0 amide bonds. The van der Waals surface area contributed by atoms with Gasteiger partial charge in [-0.2, -0.15) is 0 Å². The Morgan fingerprint density at radius 3 is 2.14 bits per heavy atom. The molecule has 2 aromatic rings. The predicted octanol–water partition coefficient (Wildman–Crippen LogP) is 3.41. The second kappa shape index (κ2) is 8.84. The quantitative estimate of drug-likeness (QED) is 0.576. The number of benzene rings is 2. The summed E-state index contributed by atoms with van der Waals surface area (Å²) in [5, 5.41) is 0. The Kier molecular flexibility index (Phi) is 6.04. The molecule has 2 aromatic carbocycles. The van der Waals surface area contributed by atoms with Gasteiger partial charge < -0.3 is 14.4 Å². The van der Waals surface area contributed by atoms with Gasteiger partial charge in [0, 0.05) is 17.3 Å². The number of carbonyl (C=O) groups is 3. The largest absolute Gasteiger partial charge is 0.465 e. The van der Waals surface area contributed by atoms with Crippen molar-refractivity contribution < 1.29 is 23.9 Å². The van der Waals surface area contributed by atoms with Crippen molar-refractivity contribution in [2.45, 2.75) is 0 Å². The zero-order valence-electron chi connectivity index (χ0n) is 16.0. The van der Waals surface area contributed by atoms with Gasteiger partial charge in [-0.05, 0) is 24.3 Å². The first-order valence-electron chi connectivity index (χ1n) is 8.82. The number of hydrogen-bond donors (Lipinski definition) is 0. The molecule has 1 aliphatic rings. The number of ether oxygens (including phenoxy) is 2. The highest BCUT2D eigenvalue weighted by Gasteiger charge is 2.29. The van der Waals surface area contributed by atoms with Gasteiger partial charge in [-0.25, -0.2) is 9.59 Å². The van der Waals surface area contributed by atoms with E-state index < -0.39 is 11.9 Å². The van der Waals surface area contributed by atoms with Gasteiger partial charge in [-0.1, -0.05) is 48.5 Å². The Morgan fingerprint density at radius 1 is 0.793 bits per heavy atom. The van der Waals surface area contributed by atoms with Crippen LogP contribution in [0.2, 0.25) is 0 Å². The topological polar surface area (TPSA) is 72.9 Å². The summed E-state index contributed by atoms with van der Waals surface area (Å²) in [6.07, 6.45) is 6.32. The molecule has 1 aliphatic heterocycles. The maximum absolute atomic E-state index is 13.1. The molecule has 0 atom stereocenters. The molecular formula is C23H19NO5. The molecule has 1 heterocycles. The van der Waals surface area contributed by atoms with Crippen LogP contribution in [0.3, 0.4) is 0 Å². The summed E-state index contributed by atoms with van der Waals surface area (Å²) in [7, 11) is 2.45. The summed E-state index contributed by atoms with van der Waals surface area (Å²) in [6.45, 7) is 0. The summed E-state index contributed by atoms with van der Waals surface area (Å²) >= 11 is 0. The predicted molar refractivity (Wildman–Crippen MR) is 108 cm³/mol. The summed E-state index contributed by atoms with van der Waals surface area (Å²) in [5.41, 5.74) is 1.29. The number of esters is 2. The van der Waals surface area contributed by atoms with Crippen LogP contribution in [-0.2, 0) is 19.1 Å². The van der Waals surface area contributed by atoms with E-state index in [4.69, 9.17) is 9.47 Å². The summed E-state index contributed by atoms with van der Waals surface area (Å²) in [5.74, 6) is -1.64. The Hall–Kier alpha value is -3.93. The van der Waals surface area contributed by atoms with Crippen molar-refractivity contribution >= 4 is 23.4 Å². The summed E-state index contributed by atoms with van der Waals surface area (Å²) < 4.78 is 9.73. The number of para-hydroxylation sites is 1. The number of allylic oxidation sites excluding steroid dienone is 2. The first-order chi connectivity index (χ1) is 14.1. The van der Waals surface area contributed by atoms with E-state index in [0.717, 1.165) is 0 Å². The first kappa shape index (κ1) is 19.8. The van der Waals surface area contributed by atoms with Gasteiger partial charge in [0.2, 0.25) is 0 Å². The fraction of sp³-hybridized carbons (Fsp3) is 0.0870. The second-order valence-electron chi connectivity index (χ2n) is 6.03. The zero-order chi connectivity index (χ0) is 20.8. The molecule has 0 saturated carbocycles. The highest BCUT2D eigenvalue weighted by Crippen LogP contribution is 2.30. The second-order valence-corrected chi connectivity index (χ2v) is 6.03. The third-order valence-electron chi connectivity index (χ3n) is 4.33. The smallest absolute Gasteiger partial charge is 0.355 e. The minimum atomic E-state index is -0.733. The van der Waals surface area contributed by atoms with Crippen molar-refractivity contribution in [1.82, 2.24) is 0 Å². The highest BCUT2D eigenvalue weighted by molar-refractivity contribution is 6.14. The number of nitrogens with zero attached hydrogens (tertiary/aromatic N) is 1. The molecular weight excluding hydrogens is 370 g/mol. The molecule has 0 aromatic heterocycles. The van der Waals surface area contributed by atoms with E-state index in [0.29, 0.717) is 16.8 Å². The van der Waals surface area contributed by atoms with Crippen molar-refractivity contribution in [2.75, 3.05) is 19.1 Å². The maximum atomic E-state index is 13.1. The van der Waals surface area contributed by atoms with Crippen LogP contribution in [-0.4, -0.2) is 31.9 Å². The fourth-order valence-corrected chi connectivity index (χ4v) is 2.97. The van der Waals surface area contributed by atoms with Crippen LogP contribution < -0.4 is 4.90 Å². The van der Waals surface area contributed by atoms with Crippen LogP contribution in [0, 0.1) is 0 Å². The maximum Gasteiger partial charge on any atom is 0.355 e. The number of rotatable bonds is 5. The SMILES string of the molecule is COC(=O)C1=C(C(=O)OC)N(c2ccccc2C(=O)c2ccccc2)C=CC=C1. The van der Waals surface area contributed by atoms with Crippen molar-refractivity contribution in [2.24, 2.45) is 0 Å². The molecule has 0 saturated heterocycles. The lowest BCUT2D eigenvalue weighted by atomic mass is 10.0. The van der Waals surface area contributed by atoms with Crippen molar-refractivity contribution in [1.29, 1.82) is 0 Å². The molecule has 0 fully saturated rings. The van der Waals surface area contributed by atoms with Crippen LogP contribution in [0.25, 0.3) is 0 Å². The molecule has 0 spiro atoms. The lowest BCUT2D eigenvalue weighted by molar-refractivity contribution is -0.139. The van der Waals surface area contributed by atoms with Crippen LogP contribution in [0.15, 0.2) is 90.3 Å². The van der Waals surface area contributed by atoms with E-state index in [1.165, 1.54) is 25.2 Å². The Labute approximate surface area is 168 Å². The molecule has 146 valence electrons. The van der Waals surface area contributed by atoms with Crippen LogP contribution in [0.4, 0.5) is 5.69 Å². The minimum Gasteiger partial charge on any atom is -0.465 e. The highest BCUT2D eigenvalue weighted by atomic mass is 16.5. The molecule has 6 nitrogen and oxygen atoms in total. The van der Waals surface area contributed by atoms with Gasteiger partial charge in [0.1, 0.15) is 5.70 Å². The van der Waals surface area contributed by atoms with Gasteiger partial charge in [-0.15, -0.1) is 0 Å². The van der Waals surface area contributed by atoms with E-state index >= 15 is 0 Å². The Balaban J connectivity index is 2.20. The Bertz CT molecular complexity index is 1030. The molecule has 3 rings (SSSR count). The minimum absolute atomic E-state index is 0.0197. The monoisotopic (exact) mass is 389 g/mol. The average Bonchev–Trinajstić information content (AvgIpc) is 3.01. The van der Waals surface area contributed by atoms with Gasteiger partial charge in [0.05, 0.1) is 25.5 Å². The van der Waals surface area contributed by atoms with Gasteiger partial charge in [-0.3, -0.25) is 4.79 Å². The molecule has 29 heavy (non-hydrogen) atoms. The fourth-order valence-electron chi connectivity index (χ4n) is 2.97. The van der Waals surface area contributed by atoms with E-state index in [1.807, 2.05) is 6.07 Å². The van der Waals surface area contributed by atoms with E-state index in [2.05, 4.69) is 0 Å². The average molecular weight is 389 g/mol. The molecule has 0 bridgehead atoms. The third kappa shape index (κ3) is 4.01. The number of hydrogen-bond acceptors (Lipinski definition) is 6. The van der Waals surface area contributed by atoms with Crippen molar-refractivity contribution in [3.05, 3.63) is 101 Å². The van der Waals surface area contributed by atoms with Crippen LogP contribution in [0.1, 0.15) is 15.9 Å². The molecule has 0 unspecified atom stereocenters. The number of carbonyl (C=O) groups excluding carboxylic acids is 3. The van der Waals surface area contributed by atoms with Gasteiger partial charge >= 0.3 is 11.9 Å². The molecule has 0 N–H and O–H groups in total. The van der Waals surface area contributed by atoms with Gasteiger partial charge in [0.15, 0.2) is 5.78 Å². The van der Waals surface area contributed by atoms with Crippen molar-refractivity contribution in [3.8, 4) is 0 Å². The third-order valence-corrected chi connectivity index (χ3v) is 4.33. The molecule has 0 aliphatic carbocycles. The number of methoxy groups -OCH3 is 2. The normalized spacial score (nSPS) is 13.1. The van der Waals surface area contributed by atoms with E-state index in [-0.39, 0.29) is 17.1 Å². The number of anilines is 1. The Morgan fingerprint density at radius 2 is 1.45 bits per heavy atom. The summed E-state index contributed by atoms with van der Waals surface area (Å²) in [6, 6.07) is 15.7. The van der Waals surface area contributed by atoms with Crippen LogP contribution >= 0.6 is 0 Å². The van der Waals surface area contributed by atoms with Crippen LogP contribution in [0.5, 0.6) is 0 Å². The van der Waals surface area contributed by atoms with Gasteiger partial charge in [0.25, 0.3) is 0 Å². The van der Waals surface area contributed by atoms with Crippen molar-refractivity contribution in [3.63, 3.8) is 0 Å². The number of ketones is 1. The molecule has 6 heteroatoms. The lowest BCUT2D eigenvalue weighted by Gasteiger charge is -2.25. The molecule has 0 radical (unpaired) electrons. The van der Waals surface area contributed by atoms with E-state index in [9.17, 15) is 14.4 Å². The standard InChI is InChI=1S/C23H19NO5/c1-28-22(26)18-13-8-9-15-24(20(18)23(27)29-2)19-14-7-6-12-17(19)21(25)16-10-4-3-5-11-16/h3-15H,1-2H3. The lowest BCUT2D eigenvalue weighted by Crippen LogP contribution is -2.28. The van der Waals surface area contributed by atoms with E-state index in [1.54, 1.807) is 66.9 Å². The summed E-state index contributed by atoms with van der Waals surface area (Å²) in [4.78, 5) is 39.5. The first-order valence-corrected chi connectivity index (χ1v) is 8.82.